The molecule has 1 rings (SSSR count). The summed E-state index contributed by atoms with van der Waals surface area (Å²) in [7, 11) is 0. The van der Waals surface area contributed by atoms with Crippen molar-refractivity contribution in [2.24, 2.45) is 0 Å². The summed E-state index contributed by atoms with van der Waals surface area (Å²) in [4.78, 5) is 10.8. The Morgan fingerprint density at radius 1 is 1.58 bits per heavy atom. The van der Waals surface area contributed by atoms with E-state index in [-0.39, 0.29) is 16.3 Å². The van der Waals surface area contributed by atoms with Crippen molar-refractivity contribution in [3.8, 4) is 5.75 Å². The Balaban J connectivity index is 3.43. The van der Waals surface area contributed by atoms with Crippen molar-refractivity contribution in [1.82, 2.24) is 0 Å². The quantitative estimate of drug-likeness (QED) is 0.687. The molecule has 1 aromatic rings. The van der Waals surface area contributed by atoms with Crippen LogP contribution < -0.4 is 0 Å². The summed E-state index contributed by atoms with van der Waals surface area (Å²) in [6.45, 7) is 1.21. The van der Waals surface area contributed by atoms with Crippen LogP contribution in [-0.4, -0.2) is 10.9 Å². The highest BCUT2D eigenvalue weighted by Crippen LogP contribution is 2.28. The van der Waals surface area contributed by atoms with Crippen LogP contribution in [0.2, 0.25) is 5.02 Å². The topological polar surface area (TPSA) is 37.3 Å². The van der Waals surface area contributed by atoms with Gasteiger partial charge in [-0.15, -0.1) is 0 Å². The Morgan fingerprint density at radius 3 is 2.58 bits per heavy atom. The number of Topliss-reactive ketones (excluding diaryl/α,β-unsaturated/α-hetero) is 1. The van der Waals surface area contributed by atoms with Gasteiger partial charge in [-0.2, -0.15) is 0 Å². The fourth-order valence-corrected chi connectivity index (χ4v) is 1.17. The molecule has 0 amide bonds. The molecule has 1 N–H and O–H groups in total. The monoisotopic (exact) mass is 188 g/mol. The average molecular weight is 189 g/mol. The van der Waals surface area contributed by atoms with Gasteiger partial charge < -0.3 is 5.11 Å². The third-order valence-corrected chi connectivity index (χ3v) is 1.79. The van der Waals surface area contributed by atoms with Crippen LogP contribution in [0.4, 0.5) is 4.39 Å². The number of halogens is 2. The fraction of sp³-hybridized carbons (Fsp3) is 0.125. The molecule has 2 nitrogen and oxygen atoms in total. The Hall–Kier alpha value is -1.09. The second-order valence-corrected chi connectivity index (χ2v) is 2.69. The third kappa shape index (κ3) is 1.41. The molecule has 0 saturated carbocycles. The molecule has 12 heavy (non-hydrogen) atoms. The lowest BCUT2D eigenvalue weighted by Gasteiger charge is -2.02. The predicted molar refractivity (Wildman–Crippen MR) is 43.1 cm³/mol. The fourth-order valence-electron chi connectivity index (χ4n) is 0.875. The van der Waals surface area contributed by atoms with Crippen LogP contribution in [0.25, 0.3) is 0 Å². The van der Waals surface area contributed by atoms with Crippen LogP contribution in [0.15, 0.2) is 12.1 Å². The van der Waals surface area contributed by atoms with Crippen LogP contribution in [0.3, 0.4) is 0 Å². The number of phenols is 1. The van der Waals surface area contributed by atoms with E-state index in [0.29, 0.717) is 0 Å². The summed E-state index contributed by atoms with van der Waals surface area (Å²) in [5.41, 5.74) is -0.170. The highest BCUT2D eigenvalue weighted by atomic mass is 35.5. The normalized spacial score (nSPS) is 9.92. The minimum Gasteiger partial charge on any atom is -0.507 e. The number of rotatable bonds is 1. The number of aromatic hydroxyl groups is 1. The average Bonchev–Trinajstić information content (AvgIpc) is 1.97. The SMILES string of the molecule is CC(=O)c1c(O)ccc(F)c1Cl. The van der Waals surface area contributed by atoms with Crippen LogP contribution in [0, 0.1) is 5.82 Å². The van der Waals surface area contributed by atoms with Gasteiger partial charge in [-0.05, 0) is 19.1 Å². The van der Waals surface area contributed by atoms with Crippen molar-refractivity contribution >= 4 is 17.4 Å². The van der Waals surface area contributed by atoms with Crippen molar-refractivity contribution in [3.05, 3.63) is 28.5 Å². The molecule has 0 aliphatic rings. The highest BCUT2D eigenvalue weighted by molar-refractivity contribution is 6.34. The minimum atomic E-state index is -0.709. The molecular weight excluding hydrogens is 183 g/mol. The second-order valence-electron chi connectivity index (χ2n) is 2.31. The van der Waals surface area contributed by atoms with E-state index in [1.807, 2.05) is 0 Å². The van der Waals surface area contributed by atoms with E-state index in [1.54, 1.807) is 0 Å². The molecule has 4 heteroatoms. The van der Waals surface area contributed by atoms with E-state index >= 15 is 0 Å². The Bertz CT molecular complexity index is 336. The van der Waals surface area contributed by atoms with Crippen molar-refractivity contribution in [2.75, 3.05) is 0 Å². The van der Waals surface area contributed by atoms with Gasteiger partial charge in [-0.25, -0.2) is 4.39 Å². The smallest absolute Gasteiger partial charge is 0.165 e. The van der Waals surface area contributed by atoms with Crippen LogP contribution in [0.5, 0.6) is 5.75 Å². The summed E-state index contributed by atoms with van der Waals surface area (Å²) < 4.78 is 12.7. The molecule has 0 unspecified atom stereocenters. The predicted octanol–water partition coefficient (Wildman–Crippen LogP) is 2.39. The largest absolute Gasteiger partial charge is 0.507 e. The van der Waals surface area contributed by atoms with Crippen molar-refractivity contribution < 1.29 is 14.3 Å². The molecule has 0 spiro atoms. The maximum Gasteiger partial charge on any atom is 0.165 e. The number of phenolic OH excluding ortho intramolecular Hbond substituents is 1. The maximum atomic E-state index is 12.7. The number of carbonyl (C=O) groups is 1. The maximum absolute atomic E-state index is 12.7. The van der Waals surface area contributed by atoms with Crippen LogP contribution >= 0.6 is 11.6 Å². The van der Waals surface area contributed by atoms with Crippen LogP contribution in [-0.2, 0) is 0 Å². The van der Waals surface area contributed by atoms with E-state index < -0.39 is 11.6 Å². The molecule has 64 valence electrons. The summed E-state index contributed by atoms with van der Waals surface area (Å²) in [6, 6.07) is 2.10. The summed E-state index contributed by atoms with van der Waals surface area (Å²) >= 11 is 5.44. The van der Waals surface area contributed by atoms with Gasteiger partial charge in [-0.3, -0.25) is 4.79 Å². The standard InChI is InChI=1S/C8H6ClFO2/c1-4(11)7-6(12)3-2-5(10)8(7)9/h2-3,12H,1H3. The third-order valence-electron chi connectivity index (χ3n) is 1.42. The molecule has 0 aliphatic carbocycles. The first-order chi connectivity index (χ1) is 5.54. The highest BCUT2D eigenvalue weighted by Gasteiger charge is 2.14. The zero-order valence-electron chi connectivity index (χ0n) is 6.27. The van der Waals surface area contributed by atoms with E-state index in [1.165, 1.54) is 6.92 Å². The molecule has 0 aliphatic heterocycles. The first-order valence-electron chi connectivity index (χ1n) is 3.22. The number of carbonyl (C=O) groups excluding carboxylic acids is 1. The van der Waals surface area contributed by atoms with Crippen molar-refractivity contribution in [3.63, 3.8) is 0 Å². The van der Waals surface area contributed by atoms with Gasteiger partial charge in [0.05, 0.1) is 10.6 Å². The van der Waals surface area contributed by atoms with Crippen molar-refractivity contribution in [2.45, 2.75) is 6.92 Å². The van der Waals surface area contributed by atoms with E-state index in [0.717, 1.165) is 12.1 Å². The van der Waals surface area contributed by atoms with E-state index in [4.69, 9.17) is 16.7 Å². The van der Waals surface area contributed by atoms with E-state index in [9.17, 15) is 9.18 Å². The molecule has 0 aromatic heterocycles. The molecule has 0 radical (unpaired) electrons. The molecule has 1 aromatic carbocycles. The Labute approximate surface area is 73.6 Å². The molecule has 0 heterocycles. The first kappa shape index (κ1) is 9.00. The summed E-state index contributed by atoms with van der Waals surface area (Å²) in [5.74, 6) is -1.47. The Kier molecular flexibility index (Phi) is 2.33. The van der Waals surface area contributed by atoms with Gasteiger partial charge in [0, 0.05) is 0 Å². The zero-order valence-corrected chi connectivity index (χ0v) is 7.02. The van der Waals surface area contributed by atoms with Crippen LogP contribution in [0.1, 0.15) is 17.3 Å². The lowest BCUT2D eigenvalue weighted by Crippen LogP contribution is -1.95. The molecule has 0 saturated heterocycles. The number of benzene rings is 1. The number of hydrogen-bond acceptors (Lipinski definition) is 2. The van der Waals surface area contributed by atoms with Gasteiger partial charge in [0.1, 0.15) is 11.6 Å². The molecule has 0 bridgehead atoms. The first-order valence-corrected chi connectivity index (χ1v) is 3.59. The van der Waals surface area contributed by atoms with Gasteiger partial charge in [0.15, 0.2) is 5.78 Å². The second kappa shape index (κ2) is 3.11. The lowest BCUT2D eigenvalue weighted by atomic mass is 10.1. The van der Waals surface area contributed by atoms with Crippen molar-refractivity contribution in [1.29, 1.82) is 0 Å². The number of hydrogen-bond donors (Lipinski definition) is 1. The van der Waals surface area contributed by atoms with Gasteiger partial charge in [0.25, 0.3) is 0 Å². The van der Waals surface area contributed by atoms with Gasteiger partial charge in [0.2, 0.25) is 0 Å². The number of ketones is 1. The zero-order chi connectivity index (χ0) is 9.30. The molecular formula is C8H6ClFO2. The molecule has 0 fully saturated rings. The summed E-state index contributed by atoms with van der Waals surface area (Å²) in [5, 5.41) is 8.78. The van der Waals surface area contributed by atoms with Gasteiger partial charge in [-0.1, -0.05) is 11.6 Å². The lowest BCUT2D eigenvalue weighted by molar-refractivity contribution is 0.101. The van der Waals surface area contributed by atoms with Gasteiger partial charge >= 0.3 is 0 Å². The summed E-state index contributed by atoms with van der Waals surface area (Å²) in [6.07, 6.45) is 0. The Morgan fingerprint density at radius 2 is 2.17 bits per heavy atom. The molecule has 0 atom stereocenters. The minimum absolute atomic E-state index is 0.170. The van der Waals surface area contributed by atoms with E-state index in [2.05, 4.69) is 0 Å².